The Labute approximate surface area is 128 Å². The second-order valence-corrected chi connectivity index (χ2v) is 6.94. The molecule has 4 nitrogen and oxygen atoms in total. The van der Waals surface area contributed by atoms with Gasteiger partial charge in [0, 0.05) is 23.7 Å². The number of hydrogen-bond acceptors (Lipinski definition) is 3. The summed E-state index contributed by atoms with van der Waals surface area (Å²) in [5.41, 5.74) is 0. The Bertz CT molecular complexity index is 534. The van der Waals surface area contributed by atoms with E-state index in [1.807, 2.05) is 34.9 Å². The Balaban J connectivity index is 1.45. The highest BCUT2D eigenvalue weighted by molar-refractivity contribution is 7.99. The average Bonchev–Trinajstić information content (AvgIpc) is 3.17. The van der Waals surface area contributed by atoms with Gasteiger partial charge in [-0.25, -0.2) is 0 Å². The molecule has 112 valence electrons. The van der Waals surface area contributed by atoms with Crippen LogP contribution in [-0.2, 0) is 9.59 Å². The average molecular weight is 305 g/mol. The number of benzene rings is 1. The second-order valence-electron chi connectivity index (χ2n) is 5.85. The number of aliphatic carboxylic acids is 1. The molecule has 1 heterocycles. The fourth-order valence-electron chi connectivity index (χ4n) is 2.88. The number of carboxylic acid groups (broad SMARTS) is 1. The molecule has 2 fully saturated rings. The monoisotopic (exact) mass is 305 g/mol. The molecule has 2 aliphatic rings. The summed E-state index contributed by atoms with van der Waals surface area (Å²) in [5, 5.41) is 8.90. The Hall–Kier alpha value is -1.49. The fourth-order valence-corrected chi connectivity index (χ4v) is 3.92. The standard InChI is InChI=1S/C16H19NO3S/c18-15(13-8-14(13)16(19)20)17-7-6-11(9-17)10-21-12-4-2-1-3-5-12/h1-5,11,13-14H,6-10H2,(H,19,20). The number of hydrogen-bond donors (Lipinski definition) is 1. The van der Waals surface area contributed by atoms with Crippen LogP contribution in [-0.4, -0.2) is 40.7 Å². The summed E-state index contributed by atoms with van der Waals surface area (Å²) in [6.07, 6.45) is 1.55. The fraction of sp³-hybridized carbons (Fsp3) is 0.500. The van der Waals surface area contributed by atoms with E-state index >= 15 is 0 Å². The number of amides is 1. The Morgan fingerprint density at radius 3 is 2.67 bits per heavy atom. The van der Waals surface area contributed by atoms with Gasteiger partial charge in [-0.1, -0.05) is 18.2 Å². The van der Waals surface area contributed by atoms with Crippen molar-refractivity contribution in [2.45, 2.75) is 17.7 Å². The third-order valence-corrected chi connectivity index (χ3v) is 5.49. The van der Waals surface area contributed by atoms with E-state index in [-0.39, 0.29) is 11.8 Å². The summed E-state index contributed by atoms with van der Waals surface area (Å²) >= 11 is 1.83. The number of nitrogens with zero attached hydrogens (tertiary/aromatic N) is 1. The van der Waals surface area contributed by atoms with Gasteiger partial charge in [0.05, 0.1) is 11.8 Å². The van der Waals surface area contributed by atoms with Gasteiger partial charge in [-0.2, -0.15) is 0 Å². The molecule has 21 heavy (non-hydrogen) atoms. The van der Waals surface area contributed by atoms with Crippen LogP contribution >= 0.6 is 11.8 Å². The van der Waals surface area contributed by atoms with Crippen molar-refractivity contribution < 1.29 is 14.7 Å². The lowest BCUT2D eigenvalue weighted by molar-refractivity contribution is -0.141. The Kier molecular flexibility index (Phi) is 4.19. The zero-order valence-corrected chi connectivity index (χ0v) is 12.6. The summed E-state index contributed by atoms with van der Waals surface area (Å²) in [4.78, 5) is 26.2. The van der Waals surface area contributed by atoms with Gasteiger partial charge in [-0.05, 0) is 30.9 Å². The van der Waals surface area contributed by atoms with E-state index in [1.165, 1.54) is 4.90 Å². The molecule has 0 bridgehead atoms. The lowest BCUT2D eigenvalue weighted by atomic mass is 10.2. The molecule has 5 heteroatoms. The van der Waals surface area contributed by atoms with E-state index in [9.17, 15) is 9.59 Å². The first kappa shape index (κ1) is 14.4. The molecule has 1 aliphatic carbocycles. The number of thioether (sulfide) groups is 1. The van der Waals surface area contributed by atoms with Gasteiger partial charge in [-0.3, -0.25) is 9.59 Å². The molecule has 1 N–H and O–H groups in total. The molecule has 1 saturated heterocycles. The first-order valence-electron chi connectivity index (χ1n) is 7.34. The summed E-state index contributed by atoms with van der Waals surface area (Å²) in [7, 11) is 0. The van der Waals surface area contributed by atoms with Gasteiger partial charge in [0.2, 0.25) is 5.91 Å². The summed E-state index contributed by atoms with van der Waals surface area (Å²) < 4.78 is 0. The Morgan fingerprint density at radius 2 is 2.00 bits per heavy atom. The maximum atomic E-state index is 12.2. The van der Waals surface area contributed by atoms with Crippen LogP contribution in [0.5, 0.6) is 0 Å². The SMILES string of the molecule is O=C(O)C1CC1C(=O)N1CCC(CSc2ccccc2)C1. The van der Waals surface area contributed by atoms with E-state index < -0.39 is 11.9 Å². The molecule has 3 atom stereocenters. The first-order valence-corrected chi connectivity index (χ1v) is 8.33. The summed E-state index contributed by atoms with van der Waals surface area (Å²) in [6.45, 7) is 1.56. The van der Waals surface area contributed by atoms with Crippen LogP contribution in [0.25, 0.3) is 0 Å². The highest BCUT2D eigenvalue weighted by Crippen LogP contribution is 2.41. The minimum absolute atomic E-state index is 0.0506. The molecule has 1 aromatic rings. The van der Waals surface area contributed by atoms with Crippen LogP contribution in [0.2, 0.25) is 0 Å². The third kappa shape index (κ3) is 3.40. The second kappa shape index (κ2) is 6.10. The van der Waals surface area contributed by atoms with E-state index in [0.29, 0.717) is 12.3 Å². The number of carboxylic acids is 1. The molecule has 1 aromatic carbocycles. The molecule has 0 aromatic heterocycles. The molecule has 1 aliphatic heterocycles. The van der Waals surface area contributed by atoms with E-state index in [1.54, 1.807) is 0 Å². The zero-order valence-electron chi connectivity index (χ0n) is 11.8. The highest BCUT2D eigenvalue weighted by Gasteiger charge is 2.50. The van der Waals surface area contributed by atoms with Crippen molar-refractivity contribution in [1.82, 2.24) is 4.90 Å². The maximum absolute atomic E-state index is 12.2. The van der Waals surface area contributed by atoms with Crippen LogP contribution < -0.4 is 0 Å². The number of carbonyl (C=O) groups is 2. The largest absolute Gasteiger partial charge is 0.481 e. The number of likely N-dealkylation sites (tertiary alicyclic amines) is 1. The van der Waals surface area contributed by atoms with Gasteiger partial charge in [0.15, 0.2) is 0 Å². The lowest BCUT2D eigenvalue weighted by Crippen LogP contribution is -2.31. The van der Waals surface area contributed by atoms with Crippen LogP contribution in [0.4, 0.5) is 0 Å². The zero-order chi connectivity index (χ0) is 14.8. The normalized spacial score (nSPS) is 27.6. The Morgan fingerprint density at radius 1 is 1.24 bits per heavy atom. The topological polar surface area (TPSA) is 57.6 Å². The molecule has 1 amide bonds. The van der Waals surface area contributed by atoms with Gasteiger partial charge >= 0.3 is 5.97 Å². The van der Waals surface area contributed by atoms with Crippen LogP contribution in [0.1, 0.15) is 12.8 Å². The smallest absolute Gasteiger partial charge is 0.307 e. The molecular weight excluding hydrogens is 286 g/mol. The van der Waals surface area contributed by atoms with Crippen molar-refractivity contribution in [3.05, 3.63) is 30.3 Å². The summed E-state index contributed by atoms with van der Waals surface area (Å²) in [6, 6.07) is 10.3. The third-order valence-electron chi connectivity index (χ3n) is 4.25. The van der Waals surface area contributed by atoms with Gasteiger partial charge in [0.1, 0.15) is 0 Å². The van der Waals surface area contributed by atoms with E-state index in [0.717, 1.165) is 25.3 Å². The number of rotatable bonds is 5. The maximum Gasteiger partial charge on any atom is 0.307 e. The van der Waals surface area contributed by atoms with Crippen molar-refractivity contribution in [3.63, 3.8) is 0 Å². The first-order chi connectivity index (χ1) is 10.1. The predicted octanol–water partition coefficient (Wildman–Crippen LogP) is 2.35. The van der Waals surface area contributed by atoms with Crippen molar-refractivity contribution in [1.29, 1.82) is 0 Å². The van der Waals surface area contributed by atoms with Gasteiger partial charge < -0.3 is 10.0 Å². The molecular formula is C16H19NO3S. The van der Waals surface area contributed by atoms with Crippen molar-refractivity contribution in [3.8, 4) is 0 Å². The molecule has 3 rings (SSSR count). The highest BCUT2D eigenvalue weighted by atomic mass is 32.2. The van der Waals surface area contributed by atoms with Crippen molar-refractivity contribution >= 4 is 23.6 Å². The molecule has 3 unspecified atom stereocenters. The van der Waals surface area contributed by atoms with Crippen LogP contribution in [0.3, 0.4) is 0 Å². The quantitative estimate of drug-likeness (QED) is 0.848. The summed E-state index contributed by atoms with van der Waals surface area (Å²) in [5.74, 6) is 0.0543. The minimum Gasteiger partial charge on any atom is -0.481 e. The molecule has 1 saturated carbocycles. The predicted molar refractivity (Wildman–Crippen MR) is 81.1 cm³/mol. The molecule has 0 radical (unpaired) electrons. The van der Waals surface area contributed by atoms with E-state index in [2.05, 4.69) is 12.1 Å². The lowest BCUT2D eigenvalue weighted by Gasteiger charge is -2.16. The van der Waals surface area contributed by atoms with Crippen LogP contribution in [0, 0.1) is 17.8 Å². The van der Waals surface area contributed by atoms with Gasteiger partial charge in [0.25, 0.3) is 0 Å². The van der Waals surface area contributed by atoms with Gasteiger partial charge in [-0.15, -0.1) is 11.8 Å². The number of carbonyl (C=O) groups excluding carboxylic acids is 1. The van der Waals surface area contributed by atoms with E-state index in [4.69, 9.17) is 5.11 Å². The van der Waals surface area contributed by atoms with Crippen molar-refractivity contribution in [2.75, 3.05) is 18.8 Å². The van der Waals surface area contributed by atoms with Crippen LogP contribution in [0.15, 0.2) is 35.2 Å². The van der Waals surface area contributed by atoms with Crippen molar-refractivity contribution in [2.24, 2.45) is 17.8 Å². The minimum atomic E-state index is -0.830. The molecule has 0 spiro atoms.